The maximum Gasteiger partial charge on any atom is 0.405 e. The molecular weight excluding hydrogens is 337 g/mol. The Balaban J connectivity index is 1.98. The van der Waals surface area contributed by atoms with Gasteiger partial charge in [0, 0.05) is 39.6 Å². The third kappa shape index (κ3) is 5.85. The highest BCUT2D eigenvalue weighted by atomic mass is 19.4. The first-order valence-electron chi connectivity index (χ1n) is 8.85. The fourth-order valence-corrected chi connectivity index (χ4v) is 3.66. The summed E-state index contributed by atoms with van der Waals surface area (Å²) in [6.45, 7) is 2.39. The van der Waals surface area contributed by atoms with Crippen LogP contribution in [0.4, 0.5) is 13.2 Å². The molecule has 25 heavy (non-hydrogen) atoms. The van der Waals surface area contributed by atoms with Crippen LogP contribution >= 0.6 is 0 Å². The minimum Gasteiger partial charge on any atom is -0.352 e. The van der Waals surface area contributed by atoms with Crippen LogP contribution in [-0.4, -0.2) is 67.7 Å². The number of rotatable bonds is 6. The molecule has 2 fully saturated rings. The highest BCUT2D eigenvalue weighted by Crippen LogP contribution is 2.28. The topological polar surface area (TPSA) is 73.5 Å². The number of carbonyl (C=O) groups excluding carboxylic acids is 2. The number of carbonyl (C=O) groups is 2. The molecule has 0 aromatic rings. The van der Waals surface area contributed by atoms with Crippen molar-refractivity contribution < 1.29 is 22.8 Å². The molecule has 3 N–H and O–H groups in total. The van der Waals surface area contributed by atoms with E-state index in [0.717, 1.165) is 25.7 Å². The normalized spacial score (nSPS) is 22.4. The number of piperazine rings is 1. The Morgan fingerprint density at radius 3 is 2.32 bits per heavy atom. The lowest BCUT2D eigenvalue weighted by molar-refractivity contribution is -0.184. The number of amides is 2. The summed E-state index contributed by atoms with van der Waals surface area (Å²) in [4.78, 5) is 25.2. The Bertz CT molecular complexity index is 461. The number of hydrogen-bond donors (Lipinski definition) is 3. The van der Waals surface area contributed by atoms with E-state index in [1.54, 1.807) is 0 Å². The Morgan fingerprint density at radius 2 is 1.80 bits per heavy atom. The molecule has 1 aliphatic heterocycles. The van der Waals surface area contributed by atoms with Gasteiger partial charge in [-0.15, -0.1) is 0 Å². The smallest absolute Gasteiger partial charge is 0.352 e. The van der Waals surface area contributed by atoms with E-state index in [1.165, 1.54) is 11.8 Å². The number of halogens is 3. The van der Waals surface area contributed by atoms with Crippen molar-refractivity contribution in [2.24, 2.45) is 5.92 Å². The van der Waals surface area contributed by atoms with Gasteiger partial charge >= 0.3 is 6.18 Å². The molecule has 2 rings (SSSR count). The van der Waals surface area contributed by atoms with Crippen molar-refractivity contribution in [2.45, 2.75) is 50.9 Å². The van der Waals surface area contributed by atoms with Crippen LogP contribution in [0.5, 0.6) is 0 Å². The molecule has 144 valence electrons. The number of nitrogens with zero attached hydrogens (tertiary/aromatic N) is 1. The molecule has 0 bridgehead atoms. The lowest BCUT2D eigenvalue weighted by atomic mass is 9.97. The van der Waals surface area contributed by atoms with Gasteiger partial charge in [0.25, 0.3) is 0 Å². The highest BCUT2D eigenvalue weighted by Gasteiger charge is 2.44. The van der Waals surface area contributed by atoms with E-state index in [0.29, 0.717) is 13.1 Å². The van der Waals surface area contributed by atoms with E-state index in [1.807, 2.05) is 0 Å². The maximum absolute atomic E-state index is 13.4. The maximum atomic E-state index is 13.4. The van der Waals surface area contributed by atoms with Gasteiger partial charge in [-0.05, 0) is 18.8 Å². The molecule has 9 heteroatoms. The van der Waals surface area contributed by atoms with E-state index in [4.69, 9.17) is 0 Å². The van der Waals surface area contributed by atoms with E-state index >= 15 is 0 Å². The molecule has 6 nitrogen and oxygen atoms in total. The average Bonchev–Trinajstić information content (AvgIpc) is 3.06. The first-order chi connectivity index (χ1) is 11.8. The lowest BCUT2D eigenvalue weighted by Gasteiger charge is -2.36. The van der Waals surface area contributed by atoms with Gasteiger partial charge in [0.1, 0.15) is 12.1 Å². The van der Waals surface area contributed by atoms with Crippen molar-refractivity contribution in [3.05, 3.63) is 0 Å². The molecule has 2 atom stereocenters. The monoisotopic (exact) mass is 364 g/mol. The van der Waals surface area contributed by atoms with Gasteiger partial charge in [-0.3, -0.25) is 14.5 Å². The van der Waals surface area contributed by atoms with Crippen molar-refractivity contribution in [3.8, 4) is 0 Å². The van der Waals surface area contributed by atoms with Crippen LogP contribution in [-0.2, 0) is 9.59 Å². The number of hydrogen-bond acceptors (Lipinski definition) is 4. The number of alkyl halides is 3. The first kappa shape index (κ1) is 20.0. The van der Waals surface area contributed by atoms with E-state index in [9.17, 15) is 22.8 Å². The molecule has 1 aliphatic carbocycles. The summed E-state index contributed by atoms with van der Waals surface area (Å²) in [6, 6.07) is -2.46. The van der Waals surface area contributed by atoms with Crippen LogP contribution in [0.3, 0.4) is 0 Å². The summed E-state index contributed by atoms with van der Waals surface area (Å²) in [7, 11) is 0. The van der Waals surface area contributed by atoms with Crippen molar-refractivity contribution >= 4 is 11.8 Å². The van der Waals surface area contributed by atoms with Crippen LogP contribution in [0.25, 0.3) is 0 Å². The zero-order chi connectivity index (χ0) is 18.4. The molecule has 2 aliphatic rings. The largest absolute Gasteiger partial charge is 0.405 e. The second kappa shape index (κ2) is 8.84. The summed E-state index contributed by atoms with van der Waals surface area (Å²) in [5.41, 5.74) is 0. The van der Waals surface area contributed by atoms with E-state index in [2.05, 4.69) is 16.0 Å². The minimum absolute atomic E-state index is 0.00702. The summed E-state index contributed by atoms with van der Waals surface area (Å²) in [5.74, 6) is -0.875. The molecule has 1 saturated carbocycles. The van der Waals surface area contributed by atoms with Gasteiger partial charge in [0.15, 0.2) is 0 Å². The van der Waals surface area contributed by atoms with Gasteiger partial charge in [0.05, 0.1) is 0 Å². The second-order valence-corrected chi connectivity index (χ2v) is 6.81. The molecule has 1 saturated heterocycles. The Labute approximate surface area is 145 Å². The van der Waals surface area contributed by atoms with Gasteiger partial charge < -0.3 is 16.0 Å². The van der Waals surface area contributed by atoms with Gasteiger partial charge in [-0.2, -0.15) is 13.2 Å². The first-order valence-corrected chi connectivity index (χ1v) is 8.85. The summed E-state index contributed by atoms with van der Waals surface area (Å²) in [6.07, 6.45) is -0.862. The Kier molecular flexibility index (Phi) is 7.06. The van der Waals surface area contributed by atoms with Crippen molar-refractivity contribution in [2.75, 3.05) is 32.7 Å². The van der Waals surface area contributed by atoms with Gasteiger partial charge in [-0.25, -0.2) is 0 Å². The average molecular weight is 364 g/mol. The predicted octanol–water partition coefficient (Wildman–Crippen LogP) is 0.634. The Hall–Kier alpha value is -1.35. The second-order valence-electron chi connectivity index (χ2n) is 6.81. The summed E-state index contributed by atoms with van der Waals surface area (Å²) in [5, 5.41) is 8.06. The summed E-state index contributed by atoms with van der Waals surface area (Å²) >= 11 is 0. The molecule has 2 unspecified atom stereocenters. The Morgan fingerprint density at radius 1 is 1.20 bits per heavy atom. The van der Waals surface area contributed by atoms with Crippen molar-refractivity contribution in [1.29, 1.82) is 0 Å². The van der Waals surface area contributed by atoms with Gasteiger partial charge in [-0.1, -0.05) is 12.8 Å². The van der Waals surface area contributed by atoms with Crippen LogP contribution in [0.1, 0.15) is 32.6 Å². The highest BCUT2D eigenvalue weighted by molar-refractivity contribution is 5.87. The third-order valence-electron chi connectivity index (χ3n) is 4.95. The molecule has 1 heterocycles. The zero-order valence-electron chi connectivity index (χ0n) is 14.5. The minimum atomic E-state index is -4.42. The van der Waals surface area contributed by atoms with E-state index in [-0.39, 0.29) is 24.9 Å². The zero-order valence-corrected chi connectivity index (χ0v) is 14.5. The summed E-state index contributed by atoms with van der Waals surface area (Å²) < 4.78 is 40.2. The predicted molar refractivity (Wildman–Crippen MR) is 86.9 cm³/mol. The molecular formula is C16H27F3N4O2. The van der Waals surface area contributed by atoms with Crippen molar-refractivity contribution in [1.82, 2.24) is 20.9 Å². The van der Waals surface area contributed by atoms with Crippen LogP contribution in [0.15, 0.2) is 0 Å². The molecule has 0 aromatic carbocycles. The fourth-order valence-electron chi connectivity index (χ4n) is 3.66. The number of nitrogens with one attached hydrogen (secondary N) is 3. The van der Waals surface area contributed by atoms with E-state index < -0.39 is 30.7 Å². The third-order valence-corrected chi connectivity index (χ3v) is 4.95. The van der Waals surface area contributed by atoms with Crippen LogP contribution < -0.4 is 16.0 Å². The SMILES string of the molecule is CC(=O)NC(C(=O)NCC(N1CCNCC1)C(F)(F)F)C1CCCC1. The fraction of sp³-hybridized carbons (Fsp3) is 0.875. The molecule has 0 aromatic heterocycles. The standard InChI is InChI=1S/C16H27F3N4O2/c1-11(24)22-14(12-4-2-3-5-12)15(25)21-10-13(16(17,18)19)23-8-6-20-7-9-23/h12-14,20H,2-10H2,1H3,(H,21,25)(H,22,24). The molecule has 0 radical (unpaired) electrons. The molecule has 0 spiro atoms. The van der Waals surface area contributed by atoms with Crippen LogP contribution in [0.2, 0.25) is 0 Å². The van der Waals surface area contributed by atoms with Crippen molar-refractivity contribution in [3.63, 3.8) is 0 Å². The molecule has 2 amide bonds. The quantitative estimate of drug-likeness (QED) is 0.647. The lowest BCUT2D eigenvalue weighted by Crippen LogP contribution is -2.59. The van der Waals surface area contributed by atoms with Gasteiger partial charge in [0.2, 0.25) is 11.8 Å². The van der Waals surface area contributed by atoms with Crippen LogP contribution in [0, 0.1) is 5.92 Å².